The minimum atomic E-state index is -0.388. The molecule has 0 amide bonds. The first-order chi connectivity index (χ1) is 8.97. The first-order valence-electron chi connectivity index (χ1n) is 6.15. The van der Waals surface area contributed by atoms with Gasteiger partial charge in [0.15, 0.2) is 0 Å². The third kappa shape index (κ3) is 3.33. The van der Waals surface area contributed by atoms with E-state index in [2.05, 4.69) is 10.4 Å². The zero-order valence-electron chi connectivity index (χ0n) is 11.2. The Hall–Kier alpha value is -1.39. The van der Waals surface area contributed by atoms with Crippen LogP contribution in [0, 0.1) is 12.7 Å². The summed E-state index contributed by atoms with van der Waals surface area (Å²) >= 11 is 5.79. The highest BCUT2D eigenvalue weighted by atomic mass is 35.5. The van der Waals surface area contributed by atoms with Crippen molar-refractivity contribution >= 4 is 11.6 Å². The number of nitrogens with zero attached hydrogens (tertiary/aromatic N) is 2. The van der Waals surface area contributed by atoms with Crippen LogP contribution in [-0.4, -0.2) is 9.78 Å². The average Bonchev–Trinajstić information content (AvgIpc) is 2.68. The van der Waals surface area contributed by atoms with E-state index in [-0.39, 0.29) is 16.9 Å². The summed E-state index contributed by atoms with van der Waals surface area (Å²) in [5, 5.41) is 7.83. The van der Waals surface area contributed by atoms with Crippen LogP contribution in [0.1, 0.15) is 29.8 Å². The smallest absolute Gasteiger partial charge is 0.141 e. The van der Waals surface area contributed by atoms with Crippen LogP contribution in [0.2, 0.25) is 5.02 Å². The summed E-state index contributed by atoms with van der Waals surface area (Å²) in [4.78, 5) is 0. The van der Waals surface area contributed by atoms with Gasteiger partial charge in [0.25, 0.3) is 0 Å². The van der Waals surface area contributed by atoms with Crippen molar-refractivity contribution in [2.75, 3.05) is 0 Å². The normalized spacial score (nSPS) is 12.7. The fraction of sp³-hybridized carbons (Fsp3) is 0.357. The van der Waals surface area contributed by atoms with E-state index in [4.69, 9.17) is 11.6 Å². The minimum Gasteiger partial charge on any atom is -0.306 e. The van der Waals surface area contributed by atoms with Crippen molar-refractivity contribution in [2.24, 2.45) is 7.05 Å². The minimum absolute atomic E-state index is 0.0951. The fourth-order valence-corrected chi connectivity index (χ4v) is 2.17. The Bertz CT molecular complexity index is 580. The van der Waals surface area contributed by atoms with Gasteiger partial charge in [-0.3, -0.25) is 4.68 Å². The summed E-state index contributed by atoms with van der Waals surface area (Å²) in [6.45, 7) is 4.72. The Balaban J connectivity index is 2.03. The van der Waals surface area contributed by atoms with E-state index in [9.17, 15) is 4.39 Å². The summed E-state index contributed by atoms with van der Waals surface area (Å²) in [6.07, 6.45) is 1.99. The number of hydrogen-bond acceptors (Lipinski definition) is 2. The summed E-state index contributed by atoms with van der Waals surface area (Å²) in [6, 6.07) is 4.89. The Morgan fingerprint density at radius 3 is 2.79 bits per heavy atom. The lowest BCUT2D eigenvalue weighted by molar-refractivity contribution is 0.570. The molecule has 2 rings (SSSR count). The molecule has 1 unspecified atom stereocenters. The summed E-state index contributed by atoms with van der Waals surface area (Å²) < 4.78 is 14.9. The monoisotopic (exact) mass is 281 g/mol. The van der Waals surface area contributed by atoms with Gasteiger partial charge in [0.2, 0.25) is 0 Å². The summed E-state index contributed by atoms with van der Waals surface area (Å²) in [5.74, 6) is -0.388. The van der Waals surface area contributed by atoms with Crippen LogP contribution in [0.3, 0.4) is 0 Å². The predicted octanol–water partition coefficient (Wildman–Crippen LogP) is 3.37. The zero-order valence-corrected chi connectivity index (χ0v) is 12.0. The van der Waals surface area contributed by atoms with Crippen molar-refractivity contribution in [3.05, 3.63) is 52.1 Å². The molecule has 5 heteroatoms. The topological polar surface area (TPSA) is 29.9 Å². The van der Waals surface area contributed by atoms with Crippen LogP contribution in [0.4, 0.5) is 4.39 Å². The number of hydrogen-bond donors (Lipinski definition) is 1. The van der Waals surface area contributed by atoms with E-state index in [1.54, 1.807) is 16.8 Å². The second-order valence-corrected chi connectivity index (χ2v) is 5.10. The number of aromatic nitrogens is 2. The van der Waals surface area contributed by atoms with E-state index in [0.29, 0.717) is 0 Å². The molecular formula is C14H17ClFN3. The maximum absolute atomic E-state index is 13.1. The molecule has 3 nitrogen and oxygen atoms in total. The van der Waals surface area contributed by atoms with E-state index in [0.717, 1.165) is 23.4 Å². The Kier molecular flexibility index (Phi) is 4.22. The van der Waals surface area contributed by atoms with Crippen LogP contribution < -0.4 is 5.32 Å². The molecule has 2 aromatic rings. The molecule has 1 heterocycles. The highest BCUT2D eigenvalue weighted by molar-refractivity contribution is 6.30. The van der Waals surface area contributed by atoms with Gasteiger partial charge in [0.1, 0.15) is 5.82 Å². The molecule has 0 fully saturated rings. The highest BCUT2D eigenvalue weighted by Gasteiger charge is 2.09. The molecular weight excluding hydrogens is 265 g/mol. The third-order valence-corrected chi connectivity index (χ3v) is 3.45. The average molecular weight is 282 g/mol. The Labute approximate surface area is 117 Å². The van der Waals surface area contributed by atoms with E-state index in [1.165, 1.54) is 6.07 Å². The highest BCUT2D eigenvalue weighted by Crippen LogP contribution is 2.21. The second-order valence-electron chi connectivity index (χ2n) is 4.69. The lowest BCUT2D eigenvalue weighted by Crippen LogP contribution is -2.18. The maximum Gasteiger partial charge on any atom is 0.141 e. The third-order valence-electron chi connectivity index (χ3n) is 3.16. The van der Waals surface area contributed by atoms with Crippen molar-refractivity contribution in [1.82, 2.24) is 15.1 Å². The van der Waals surface area contributed by atoms with Crippen LogP contribution in [0.15, 0.2) is 24.4 Å². The summed E-state index contributed by atoms with van der Waals surface area (Å²) in [7, 11) is 1.90. The lowest BCUT2D eigenvalue weighted by Gasteiger charge is -2.14. The van der Waals surface area contributed by atoms with Crippen molar-refractivity contribution < 1.29 is 4.39 Å². The van der Waals surface area contributed by atoms with Crippen LogP contribution in [0.25, 0.3) is 0 Å². The fourth-order valence-electron chi connectivity index (χ4n) is 1.98. The number of halogens is 2. The first-order valence-corrected chi connectivity index (χ1v) is 6.52. The van der Waals surface area contributed by atoms with Crippen molar-refractivity contribution in [3.8, 4) is 0 Å². The molecule has 0 saturated heterocycles. The van der Waals surface area contributed by atoms with E-state index < -0.39 is 0 Å². The standard InChI is InChI=1S/C14H17ClFN3/c1-9(11-4-5-14(16)13(15)6-11)17-7-12-8-19(3)18-10(12)2/h4-6,8-9,17H,7H2,1-3H3. The number of aryl methyl sites for hydroxylation is 2. The van der Waals surface area contributed by atoms with Gasteiger partial charge in [0, 0.05) is 31.4 Å². The van der Waals surface area contributed by atoms with E-state index >= 15 is 0 Å². The van der Waals surface area contributed by atoms with Gasteiger partial charge in [-0.1, -0.05) is 17.7 Å². The van der Waals surface area contributed by atoms with Gasteiger partial charge < -0.3 is 5.32 Å². The molecule has 1 N–H and O–H groups in total. The summed E-state index contributed by atoms with van der Waals surface area (Å²) in [5.41, 5.74) is 3.13. The van der Waals surface area contributed by atoms with Crippen molar-refractivity contribution in [3.63, 3.8) is 0 Å². The molecule has 0 aliphatic rings. The molecule has 1 aromatic carbocycles. The molecule has 0 bridgehead atoms. The Morgan fingerprint density at radius 2 is 2.21 bits per heavy atom. The quantitative estimate of drug-likeness (QED) is 0.931. The molecule has 1 atom stereocenters. The van der Waals surface area contributed by atoms with Gasteiger partial charge in [-0.05, 0) is 31.5 Å². The van der Waals surface area contributed by atoms with Gasteiger partial charge in [0.05, 0.1) is 10.7 Å². The maximum atomic E-state index is 13.1. The molecule has 0 spiro atoms. The number of nitrogens with one attached hydrogen (secondary N) is 1. The molecule has 0 aliphatic carbocycles. The molecule has 1 aromatic heterocycles. The lowest BCUT2D eigenvalue weighted by atomic mass is 10.1. The second kappa shape index (κ2) is 5.72. The molecule has 0 saturated carbocycles. The number of benzene rings is 1. The largest absolute Gasteiger partial charge is 0.306 e. The Morgan fingerprint density at radius 1 is 1.47 bits per heavy atom. The predicted molar refractivity (Wildman–Crippen MR) is 74.6 cm³/mol. The van der Waals surface area contributed by atoms with Gasteiger partial charge in [-0.25, -0.2) is 4.39 Å². The van der Waals surface area contributed by atoms with Gasteiger partial charge in [-0.15, -0.1) is 0 Å². The molecule has 19 heavy (non-hydrogen) atoms. The van der Waals surface area contributed by atoms with Crippen LogP contribution >= 0.6 is 11.6 Å². The van der Waals surface area contributed by atoms with Crippen molar-refractivity contribution in [1.29, 1.82) is 0 Å². The van der Waals surface area contributed by atoms with E-state index in [1.807, 2.05) is 27.1 Å². The van der Waals surface area contributed by atoms with Gasteiger partial charge in [-0.2, -0.15) is 5.10 Å². The van der Waals surface area contributed by atoms with Crippen molar-refractivity contribution in [2.45, 2.75) is 26.4 Å². The number of rotatable bonds is 4. The molecule has 0 aliphatic heterocycles. The zero-order chi connectivity index (χ0) is 14.0. The van der Waals surface area contributed by atoms with Crippen LogP contribution in [-0.2, 0) is 13.6 Å². The molecule has 102 valence electrons. The first kappa shape index (κ1) is 14.0. The van der Waals surface area contributed by atoms with Gasteiger partial charge >= 0.3 is 0 Å². The SMILES string of the molecule is Cc1nn(C)cc1CNC(C)c1ccc(F)c(Cl)c1. The molecule has 0 radical (unpaired) electrons. The van der Waals surface area contributed by atoms with Crippen LogP contribution in [0.5, 0.6) is 0 Å².